The topological polar surface area (TPSA) is 90.9 Å². The molecule has 0 aromatic heterocycles. The lowest BCUT2D eigenvalue weighted by atomic mass is 10.1. The summed E-state index contributed by atoms with van der Waals surface area (Å²) in [6.07, 6.45) is 0.622. The number of esters is 2. The molecule has 0 aliphatic carbocycles. The highest BCUT2D eigenvalue weighted by Crippen LogP contribution is 2.09. The van der Waals surface area contributed by atoms with Crippen molar-refractivity contribution in [3.05, 3.63) is 48.6 Å². The smallest absolute Gasteiger partial charge is 0.408 e. The molecule has 1 aromatic rings. The second-order valence-electron chi connectivity index (χ2n) is 6.80. The average molecular weight is 377 g/mol. The Hall–Kier alpha value is -2.83. The first-order chi connectivity index (χ1) is 12.7. The normalized spacial score (nSPS) is 11.8. The summed E-state index contributed by atoms with van der Waals surface area (Å²) >= 11 is 0. The van der Waals surface area contributed by atoms with Gasteiger partial charge in [-0.2, -0.15) is 0 Å². The molecule has 0 saturated carbocycles. The summed E-state index contributed by atoms with van der Waals surface area (Å²) in [4.78, 5) is 36.0. The zero-order valence-corrected chi connectivity index (χ0v) is 16.0. The molecule has 1 aromatic carbocycles. The van der Waals surface area contributed by atoms with E-state index in [2.05, 4.69) is 11.9 Å². The summed E-state index contributed by atoms with van der Waals surface area (Å²) in [5.41, 5.74) is 0.147. The van der Waals surface area contributed by atoms with Crippen molar-refractivity contribution in [2.45, 2.75) is 51.9 Å². The quantitative estimate of drug-likeness (QED) is 0.404. The monoisotopic (exact) mass is 377 g/mol. The van der Waals surface area contributed by atoms with E-state index in [1.165, 1.54) is 6.08 Å². The van der Waals surface area contributed by atoms with Crippen LogP contribution in [0.1, 0.15) is 39.2 Å². The Morgan fingerprint density at radius 3 is 2.41 bits per heavy atom. The van der Waals surface area contributed by atoms with Crippen molar-refractivity contribution in [1.82, 2.24) is 5.32 Å². The van der Waals surface area contributed by atoms with Gasteiger partial charge in [0.2, 0.25) is 0 Å². The van der Waals surface area contributed by atoms with Crippen LogP contribution in [0.15, 0.2) is 43.0 Å². The molecule has 1 atom stereocenters. The van der Waals surface area contributed by atoms with Crippen LogP contribution in [0.4, 0.5) is 4.79 Å². The van der Waals surface area contributed by atoms with Crippen LogP contribution in [0.5, 0.6) is 0 Å². The zero-order chi connectivity index (χ0) is 20.3. The Kier molecular flexibility index (Phi) is 9.05. The Bertz CT molecular complexity index is 636. The third kappa shape index (κ3) is 10.0. The number of hydrogen-bond donors (Lipinski definition) is 1. The first-order valence-electron chi connectivity index (χ1n) is 8.68. The molecule has 1 amide bonds. The molecule has 7 heteroatoms. The van der Waals surface area contributed by atoms with Gasteiger partial charge in [-0.05, 0) is 32.8 Å². The van der Waals surface area contributed by atoms with Gasteiger partial charge in [0.25, 0.3) is 0 Å². The molecule has 0 bridgehead atoms. The second-order valence-corrected chi connectivity index (χ2v) is 6.80. The van der Waals surface area contributed by atoms with Crippen LogP contribution in [0.25, 0.3) is 0 Å². The SMILES string of the molecule is C=CCOC(=O)[C@@H](CCC(=O)OCc1ccccc1)NC(=O)OC(C)(C)C. The number of alkyl carbamates (subject to hydrolysis) is 1. The van der Waals surface area contributed by atoms with Gasteiger partial charge in [-0.25, -0.2) is 9.59 Å². The Morgan fingerprint density at radius 2 is 1.81 bits per heavy atom. The van der Waals surface area contributed by atoms with Crippen LogP contribution >= 0.6 is 0 Å². The van der Waals surface area contributed by atoms with Crippen LogP contribution in [0, 0.1) is 0 Å². The first-order valence-corrected chi connectivity index (χ1v) is 8.68. The summed E-state index contributed by atoms with van der Waals surface area (Å²) < 4.78 is 15.3. The van der Waals surface area contributed by atoms with E-state index in [0.29, 0.717) is 0 Å². The lowest BCUT2D eigenvalue weighted by molar-refractivity contribution is -0.147. The third-order valence-electron chi connectivity index (χ3n) is 3.20. The van der Waals surface area contributed by atoms with Crippen LogP contribution < -0.4 is 5.32 Å². The molecular weight excluding hydrogens is 350 g/mol. The van der Waals surface area contributed by atoms with Crippen molar-refractivity contribution in [2.24, 2.45) is 0 Å². The number of benzene rings is 1. The van der Waals surface area contributed by atoms with Gasteiger partial charge in [-0.1, -0.05) is 43.0 Å². The van der Waals surface area contributed by atoms with E-state index in [4.69, 9.17) is 14.2 Å². The van der Waals surface area contributed by atoms with Crippen LogP contribution in [-0.4, -0.2) is 36.3 Å². The molecule has 0 heterocycles. The lowest BCUT2D eigenvalue weighted by Crippen LogP contribution is -2.44. The fourth-order valence-electron chi connectivity index (χ4n) is 2.01. The number of hydrogen-bond acceptors (Lipinski definition) is 6. The largest absolute Gasteiger partial charge is 0.461 e. The highest BCUT2D eigenvalue weighted by atomic mass is 16.6. The van der Waals surface area contributed by atoms with Gasteiger partial charge in [-0.3, -0.25) is 4.79 Å². The highest BCUT2D eigenvalue weighted by Gasteiger charge is 2.26. The molecule has 0 aliphatic rings. The Balaban J connectivity index is 2.56. The summed E-state index contributed by atoms with van der Waals surface area (Å²) in [5, 5.41) is 2.43. The minimum atomic E-state index is -1.02. The van der Waals surface area contributed by atoms with Crippen LogP contribution in [-0.2, 0) is 30.4 Å². The van der Waals surface area contributed by atoms with Crippen LogP contribution in [0.3, 0.4) is 0 Å². The maximum absolute atomic E-state index is 12.1. The van der Waals surface area contributed by atoms with Gasteiger partial charge in [-0.15, -0.1) is 0 Å². The number of carbonyl (C=O) groups is 3. The van der Waals surface area contributed by atoms with Gasteiger partial charge < -0.3 is 19.5 Å². The minimum absolute atomic E-state index is 0.00376. The molecule has 0 spiro atoms. The minimum Gasteiger partial charge on any atom is -0.461 e. The third-order valence-corrected chi connectivity index (χ3v) is 3.20. The predicted octanol–water partition coefficient (Wildman–Crippen LogP) is 3.13. The molecule has 0 fully saturated rings. The standard InChI is InChI=1S/C20H27NO6/c1-5-13-25-18(23)16(21-19(24)27-20(2,3)4)11-12-17(22)26-14-15-9-7-6-8-10-15/h5-10,16H,1,11-14H2,2-4H3,(H,21,24)/t16-/m1/s1. The molecule has 0 aliphatic heterocycles. The summed E-state index contributed by atoms with van der Waals surface area (Å²) in [5.74, 6) is -1.15. The number of carbonyl (C=O) groups excluding carboxylic acids is 3. The Labute approximate surface area is 159 Å². The zero-order valence-electron chi connectivity index (χ0n) is 16.0. The van der Waals surface area contributed by atoms with Crippen molar-refractivity contribution in [2.75, 3.05) is 6.61 Å². The maximum Gasteiger partial charge on any atom is 0.408 e. The second kappa shape index (κ2) is 11.0. The Morgan fingerprint density at radius 1 is 1.15 bits per heavy atom. The number of ether oxygens (including phenoxy) is 3. The summed E-state index contributed by atoms with van der Waals surface area (Å²) in [6.45, 7) is 8.73. The van der Waals surface area contributed by atoms with E-state index in [1.54, 1.807) is 20.8 Å². The molecule has 148 valence electrons. The van der Waals surface area contributed by atoms with E-state index in [-0.39, 0.29) is 26.1 Å². The van der Waals surface area contributed by atoms with Crippen molar-refractivity contribution >= 4 is 18.0 Å². The maximum atomic E-state index is 12.1. The molecule has 1 N–H and O–H groups in total. The number of nitrogens with one attached hydrogen (secondary N) is 1. The van der Waals surface area contributed by atoms with E-state index in [9.17, 15) is 14.4 Å². The number of amides is 1. The van der Waals surface area contributed by atoms with Crippen molar-refractivity contribution in [3.63, 3.8) is 0 Å². The van der Waals surface area contributed by atoms with Crippen molar-refractivity contribution in [3.8, 4) is 0 Å². The van der Waals surface area contributed by atoms with E-state index >= 15 is 0 Å². The lowest BCUT2D eigenvalue weighted by Gasteiger charge is -2.22. The summed E-state index contributed by atoms with van der Waals surface area (Å²) in [7, 11) is 0. The highest BCUT2D eigenvalue weighted by molar-refractivity contribution is 5.82. The predicted molar refractivity (Wildman–Crippen MR) is 99.8 cm³/mol. The molecule has 1 rings (SSSR count). The number of rotatable bonds is 9. The fourth-order valence-corrected chi connectivity index (χ4v) is 2.01. The first kappa shape index (κ1) is 22.2. The molecular formula is C20H27NO6. The van der Waals surface area contributed by atoms with E-state index in [0.717, 1.165) is 5.56 Å². The van der Waals surface area contributed by atoms with E-state index in [1.807, 2.05) is 30.3 Å². The van der Waals surface area contributed by atoms with Crippen molar-refractivity contribution < 1.29 is 28.6 Å². The fraction of sp³-hybridized carbons (Fsp3) is 0.450. The van der Waals surface area contributed by atoms with Crippen molar-refractivity contribution in [1.29, 1.82) is 0 Å². The van der Waals surface area contributed by atoms with Gasteiger partial charge in [0.05, 0.1) is 0 Å². The molecule has 27 heavy (non-hydrogen) atoms. The van der Waals surface area contributed by atoms with Gasteiger partial charge in [0.15, 0.2) is 0 Å². The molecule has 0 unspecified atom stereocenters. The molecule has 0 radical (unpaired) electrons. The van der Waals surface area contributed by atoms with Crippen LogP contribution in [0.2, 0.25) is 0 Å². The average Bonchev–Trinajstić information content (AvgIpc) is 2.60. The van der Waals surface area contributed by atoms with E-state index < -0.39 is 29.7 Å². The summed E-state index contributed by atoms with van der Waals surface area (Å²) in [6, 6.07) is 8.22. The van der Waals surface area contributed by atoms with Gasteiger partial charge >= 0.3 is 18.0 Å². The molecule has 7 nitrogen and oxygen atoms in total. The molecule has 0 saturated heterocycles. The van der Waals surface area contributed by atoms with Gasteiger partial charge in [0.1, 0.15) is 24.9 Å². The van der Waals surface area contributed by atoms with Gasteiger partial charge in [0, 0.05) is 6.42 Å².